The van der Waals surface area contributed by atoms with Gasteiger partial charge in [0.15, 0.2) is 11.5 Å². The molecule has 0 aliphatic heterocycles. The van der Waals surface area contributed by atoms with Crippen LogP contribution in [0.15, 0.2) is 18.2 Å². The molecule has 0 unspecified atom stereocenters. The topological polar surface area (TPSA) is 18.5 Å². The first-order chi connectivity index (χ1) is 8.73. The molecule has 2 rings (SSSR count). The maximum absolute atomic E-state index is 5.95. The van der Waals surface area contributed by atoms with E-state index in [2.05, 4.69) is 31.7 Å². The molecule has 0 atom stereocenters. The maximum atomic E-state index is 5.95. The van der Waals surface area contributed by atoms with E-state index in [9.17, 15) is 0 Å². The fourth-order valence-corrected chi connectivity index (χ4v) is 2.71. The van der Waals surface area contributed by atoms with Crippen LogP contribution in [0.25, 0.3) is 0 Å². The van der Waals surface area contributed by atoms with E-state index < -0.39 is 0 Å². The number of hydrogen-bond acceptors (Lipinski definition) is 3. The summed E-state index contributed by atoms with van der Waals surface area (Å²) in [6, 6.07) is 6.18. The van der Waals surface area contributed by atoms with Gasteiger partial charge in [-0.2, -0.15) is 12.6 Å². The van der Waals surface area contributed by atoms with E-state index in [0.29, 0.717) is 0 Å². The monoisotopic (exact) mass is 266 g/mol. The quantitative estimate of drug-likeness (QED) is 0.791. The molecule has 0 radical (unpaired) electrons. The van der Waals surface area contributed by atoms with Crippen LogP contribution in [0.4, 0.5) is 0 Å². The summed E-state index contributed by atoms with van der Waals surface area (Å²) in [5.41, 5.74) is 1.56. The van der Waals surface area contributed by atoms with Crippen molar-refractivity contribution in [1.29, 1.82) is 0 Å². The predicted molar refractivity (Wildman–Crippen MR) is 78.0 cm³/mol. The Morgan fingerprint density at radius 2 is 2.06 bits per heavy atom. The Morgan fingerprint density at radius 3 is 2.56 bits per heavy atom. The van der Waals surface area contributed by atoms with E-state index >= 15 is 0 Å². The molecule has 0 bridgehead atoms. The molecule has 1 aromatic carbocycles. The van der Waals surface area contributed by atoms with Crippen LogP contribution in [0.1, 0.15) is 31.7 Å². The molecule has 1 saturated carbocycles. The summed E-state index contributed by atoms with van der Waals surface area (Å²) in [4.78, 5) is 0. The lowest BCUT2D eigenvalue weighted by molar-refractivity contribution is 0.0811. The second-order valence-corrected chi connectivity index (χ2v) is 5.46. The highest BCUT2D eigenvalue weighted by Crippen LogP contribution is 2.42. The van der Waals surface area contributed by atoms with E-state index in [4.69, 9.17) is 9.47 Å². The van der Waals surface area contributed by atoms with Crippen LogP contribution in [0.5, 0.6) is 11.5 Å². The fourth-order valence-electron chi connectivity index (χ4n) is 2.31. The van der Waals surface area contributed by atoms with Gasteiger partial charge in [0.2, 0.25) is 0 Å². The van der Waals surface area contributed by atoms with Crippen LogP contribution in [-0.4, -0.2) is 19.5 Å². The summed E-state index contributed by atoms with van der Waals surface area (Å²) in [5, 5.41) is 0. The average molecular weight is 266 g/mol. The van der Waals surface area contributed by atoms with Crippen molar-refractivity contribution in [2.45, 2.75) is 32.6 Å². The molecule has 1 aromatic rings. The van der Waals surface area contributed by atoms with Crippen LogP contribution < -0.4 is 9.47 Å². The van der Waals surface area contributed by atoms with Gasteiger partial charge in [0.25, 0.3) is 0 Å². The van der Waals surface area contributed by atoms with Gasteiger partial charge in [-0.1, -0.05) is 19.4 Å². The minimum absolute atomic E-state index is 0.289. The standard InChI is InChI=1S/C15H22O2S/c1-3-12-5-6-13(14(9-12)16-2)17-10-15(11-18)7-4-8-15/h5-6,9,18H,3-4,7-8,10-11H2,1-2H3. The van der Waals surface area contributed by atoms with Crippen LogP contribution in [-0.2, 0) is 6.42 Å². The lowest BCUT2D eigenvalue weighted by Crippen LogP contribution is -2.37. The largest absolute Gasteiger partial charge is 0.493 e. The van der Waals surface area contributed by atoms with Crippen molar-refractivity contribution in [3.8, 4) is 11.5 Å². The number of aryl methyl sites for hydroxylation is 1. The molecule has 2 nitrogen and oxygen atoms in total. The minimum atomic E-state index is 0.289. The van der Waals surface area contributed by atoms with E-state index in [0.717, 1.165) is 30.3 Å². The van der Waals surface area contributed by atoms with Crippen molar-refractivity contribution in [3.05, 3.63) is 23.8 Å². The average Bonchev–Trinajstić information content (AvgIpc) is 2.38. The van der Waals surface area contributed by atoms with Crippen LogP contribution in [0, 0.1) is 5.41 Å². The number of rotatable bonds is 6. The lowest BCUT2D eigenvalue weighted by Gasteiger charge is -2.40. The number of hydrogen-bond donors (Lipinski definition) is 1. The Bertz CT molecular complexity index is 394. The van der Waals surface area contributed by atoms with Crippen molar-refractivity contribution in [2.24, 2.45) is 5.41 Å². The van der Waals surface area contributed by atoms with Crippen molar-refractivity contribution in [3.63, 3.8) is 0 Å². The highest BCUT2D eigenvalue weighted by atomic mass is 32.1. The Balaban J connectivity index is 2.04. The molecule has 100 valence electrons. The molecule has 18 heavy (non-hydrogen) atoms. The maximum Gasteiger partial charge on any atom is 0.161 e. The molecule has 0 aromatic heterocycles. The van der Waals surface area contributed by atoms with Gasteiger partial charge in [-0.3, -0.25) is 0 Å². The van der Waals surface area contributed by atoms with Crippen LogP contribution >= 0.6 is 12.6 Å². The molecular weight excluding hydrogens is 244 g/mol. The third-order valence-electron chi connectivity index (χ3n) is 3.92. The third-order valence-corrected chi connectivity index (χ3v) is 4.59. The molecule has 1 fully saturated rings. The lowest BCUT2D eigenvalue weighted by atomic mass is 9.71. The third kappa shape index (κ3) is 2.77. The zero-order chi connectivity index (χ0) is 13.0. The van der Waals surface area contributed by atoms with Gasteiger partial charge >= 0.3 is 0 Å². The van der Waals surface area contributed by atoms with Crippen LogP contribution in [0.3, 0.4) is 0 Å². The zero-order valence-corrected chi connectivity index (χ0v) is 12.1. The van der Waals surface area contributed by atoms with E-state index in [1.165, 1.54) is 24.8 Å². The van der Waals surface area contributed by atoms with E-state index in [1.807, 2.05) is 6.07 Å². The van der Waals surface area contributed by atoms with Crippen molar-refractivity contribution in [1.82, 2.24) is 0 Å². The minimum Gasteiger partial charge on any atom is -0.493 e. The smallest absolute Gasteiger partial charge is 0.161 e. The van der Waals surface area contributed by atoms with Gasteiger partial charge < -0.3 is 9.47 Å². The summed E-state index contributed by atoms with van der Waals surface area (Å²) in [7, 11) is 1.69. The summed E-state index contributed by atoms with van der Waals surface area (Å²) in [6.45, 7) is 2.89. The van der Waals surface area contributed by atoms with Crippen molar-refractivity contribution in [2.75, 3.05) is 19.5 Å². The summed E-state index contributed by atoms with van der Waals surface area (Å²) in [5.74, 6) is 2.59. The zero-order valence-electron chi connectivity index (χ0n) is 11.2. The van der Waals surface area contributed by atoms with Crippen molar-refractivity contribution >= 4 is 12.6 Å². The molecule has 1 aliphatic rings. The van der Waals surface area contributed by atoms with Crippen molar-refractivity contribution < 1.29 is 9.47 Å². The highest BCUT2D eigenvalue weighted by Gasteiger charge is 2.36. The Hall–Kier alpha value is -0.830. The molecule has 0 heterocycles. The second kappa shape index (κ2) is 5.87. The van der Waals surface area contributed by atoms with Gasteiger partial charge in [-0.15, -0.1) is 0 Å². The Kier molecular flexibility index (Phi) is 4.44. The summed E-state index contributed by atoms with van der Waals surface area (Å²) < 4.78 is 11.3. The number of ether oxygens (including phenoxy) is 2. The molecule has 0 amide bonds. The molecule has 0 N–H and O–H groups in total. The summed E-state index contributed by atoms with van der Waals surface area (Å²) in [6.07, 6.45) is 4.77. The fraction of sp³-hybridized carbons (Fsp3) is 0.600. The summed E-state index contributed by atoms with van der Waals surface area (Å²) >= 11 is 4.45. The first-order valence-electron chi connectivity index (χ1n) is 6.63. The van der Waals surface area contributed by atoms with Gasteiger partial charge in [0.05, 0.1) is 13.7 Å². The SMILES string of the molecule is CCc1ccc(OCC2(CS)CCC2)c(OC)c1. The Morgan fingerprint density at radius 1 is 1.28 bits per heavy atom. The first-order valence-corrected chi connectivity index (χ1v) is 7.27. The molecule has 1 aliphatic carbocycles. The number of methoxy groups -OCH3 is 1. The number of thiol groups is 1. The van der Waals surface area contributed by atoms with Crippen LogP contribution in [0.2, 0.25) is 0 Å². The first kappa shape index (κ1) is 13.6. The number of benzene rings is 1. The Labute approximate surface area is 115 Å². The second-order valence-electron chi connectivity index (χ2n) is 5.14. The molecule has 0 spiro atoms. The van der Waals surface area contributed by atoms with E-state index in [-0.39, 0.29) is 5.41 Å². The predicted octanol–water partition coefficient (Wildman–Crippen LogP) is 3.74. The van der Waals surface area contributed by atoms with Gasteiger partial charge in [0.1, 0.15) is 0 Å². The van der Waals surface area contributed by atoms with E-state index in [1.54, 1.807) is 7.11 Å². The normalized spacial score (nSPS) is 17.1. The molecule has 0 saturated heterocycles. The molecule has 3 heteroatoms. The van der Waals surface area contributed by atoms with Gasteiger partial charge in [-0.05, 0) is 42.7 Å². The highest BCUT2D eigenvalue weighted by molar-refractivity contribution is 7.80. The van der Waals surface area contributed by atoms with Gasteiger partial charge in [-0.25, -0.2) is 0 Å². The van der Waals surface area contributed by atoms with Gasteiger partial charge in [0, 0.05) is 5.41 Å². The molecular formula is C15H22O2S.